The highest BCUT2D eigenvalue weighted by Gasteiger charge is 2.66. The minimum absolute atomic E-state index is 0. The smallest absolute Gasteiger partial charge is 0.191 e. The Morgan fingerprint density at radius 3 is 2.50 bits per heavy atom. The predicted molar refractivity (Wildman–Crippen MR) is 122 cm³/mol. The fraction of sp³-hybridized carbons (Fsp3) is 0.947. The Morgan fingerprint density at radius 2 is 1.93 bits per heavy atom. The van der Waals surface area contributed by atoms with E-state index < -0.39 is 9.84 Å². The normalized spacial score (nSPS) is 32.8. The van der Waals surface area contributed by atoms with Crippen molar-refractivity contribution in [2.75, 3.05) is 45.3 Å². The van der Waals surface area contributed by atoms with Gasteiger partial charge in [0.15, 0.2) is 5.96 Å². The molecule has 3 unspecified atom stereocenters. The van der Waals surface area contributed by atoms with Gasteiger partial charge in [0.1, 0.15) is 9.84 Å². The summed E-state index contributed by atoms with van der Waals surface area (Å²) in [7, 11) is -1.03. The van der Waals surface area contributed by atoms with Gasteiger partial charge >= 0.3 is 0 Å². The molecule has 28 heavy (non-hydrogen) atoms. The minimum Gasteiger partial charge on any atom is -0.377 e. The first kappa shape index (κ1) is 22.6. The SMILES string of the molecule is CN=C(NC1CCN(CCS(C)(=O)=O)CC1)NC1C2CCOC2C12CCC2.I. The van der Waals surface area contributed by atoms with E-state index >= 15 is 0 Å². The summed E-state index contributed by atoms with van der Waals surface area (Å²) in [6.45, 7) is 3.44. The minimum atomic E-state index is -2.88. The van der Waals surface area contributed by atoms with Crippen LogP contribution in [0.5, 0.6) is 0 Å². The number of nitrogens with zero attached hydrogens (tertiary/aromatic N) is 2. The molecule has 3 atom stereocenters. The molecule has 0 radical (unpaired) electrons. The summed E-state index contributed by atoms with van der Waals surface area (Å²) in [5, 5.41) is 7.35. The van der Waals surface area contributed by atoms with Gasteiger partial charge in [0, 0.05) is 63.0 Å². The predicted octanol–water partition coefficient (Wildman–Crippen LogP) is 1.24. The maximum absolute atomic E-state index is 11.3. The Bertz CT molecular complexity index is 675. The summed E-state index contributed by atoms with van der Waals surface area (Å²) >= 11 is 0. The Kier molecular flexibility index (Phi) is 7.19. The molecule has 1 spiro atoms. The van der Waals surface area contributed by atoms with Crippen LogP contribution < -0.4 is 10.6 Å². The van der Waals surface area contributed by atoms with Crippen molar-refractivity contribution < 1.29 is 13.2 Å². The Hall–Kier alpha value is -0.130. The summed E-state index contributed by atoms with van der Waals surface area (Å²) in [5.74, 6) is 1.82. The summed E-state index contributed by atoms with van der Waals surface area (Å²) in [4.78, 5) is 6.75. The zero-order chi connectivity index (χ0) is 19.1. The van der Waals surface area contributed by atoms with E-state index in [1.165, 1.54) is 31.9 Å². The van der Waals surface area contributed by atoms with Crippen molar-refractivity contribution >= 4 is 39.8 Å². The molecule has 2 heterocycles. The van der Waals surface area contributed by atoms with Crippen molar-refractivity contribution in [3.63, 3.8) is 0 Å². The molecule has 7 nitrogen and oxygen atoms in total. The van der Waals surface area contributed by atoms with Crippen molar-refractivity contribution in [1.29, 1.82) is 0 Å². The molecule has 0 amide bonds. The highest BCUT2D eigenvalue weighted by atomic mass is 127. The third-order valence-electron chi connectivity index (χ3n) is 7.26. The molecular formula is C19H35IN4O3S. The summed E-state index contributed by atoms with van der Waals surface area (Å²) in [5.41, 5.74) is 0.355. The molecule has 9 heteroatoms. The van der Waals surface area contributed by atoms with Crippen LogP contribution in [0.1, 0.15) is 38.5 Å². The standard InChI is InChI=1S/C19H34N4O3S.HI/c1-20-18(21-14-4-9-23(10-5-14)11-13-27(2,24)25)22-16-15-6-12-26-17(15)19(16)7-3-8-19;/h14-17H,3-13H2,1-2H3,(H2,20,21,22);1H. The van der Waals surface area contributed by atoms with Crippen LogP contribution in [0.25, 0.3) is 0 Å². The van der Waals surface area contributed by atoms with Crippen molar-refractivity contribution in [2.24, 2.45) is 16.3 Å². The van der Waals surface area contributed by atoms with E-state index in [1.807, 2.05) is 7.05 Å². The van der Waals surface area contributed by atoms with Crippen molar-refractivity contribution in [3.05, 3.63) is 0 Å². The monoisotopic (exact) mass is 526 g/mol. The first-order chi connectivity index (χ1) is 12.9. The number of rotatable bonds is 5. The van der Waals surface area contributed by atoms with E-state index in [9.17, 15) is 8.42 Å². The zero-order valence-corrected chi connectivity index (χ0v) is 20.2. The molecule has 2 aliphatic heterocycles. The molecule has 0 bridgehead atoms. The van der Waals surface area contributed by atoms with Crippen molar-refractivity contribution in [1.82, 2.24) is 15.5 Å². The van der Waals surface area contributed by atoms with Crippen LogP contribution in [-0.2, 0) is 14.6 Å². The number of sulfone groups is 1. The first-order valence-electron chi connectivity index (χ1n) is 10.4. The van der Waals surface area contributed by atoms with Crippen LogP contribution in [0, 0.1) is 11.3 Å². The molecule has 4 fully saturated rings. The van der Waals surface area contributed by atoms with Gasteiger partial charge in [0.2, 0.25) is 0 Å². The molecule has 162 valence electrons. The molecule has 2 N–H and O–H groups in total. The summed E-state index contributed by atoms with van der Waals surface area (Å²) in [6.07, 6.45) is 8.88. The van der Waals surface area contributed by atoms with Crippen LogP contribution >= 0.6 is 24.0 Å². The molecule has 4 aliphatic rings. The maximum atomic E-state index is 11.3. The van der Waals surface area contributed by atoms with Crippen LogP contribution in [0.4, 0.5) is 0 Å². The fourth-order valence-electron chi connectivity index (χ4n) is 5.56. The van der Waals surface area contributed by atoms with Crippen LogP contribution in [0.15, 0.2) is 4.99 Å². The molecule has 2 aliphatic carbocycles. The molecule has 2 saturated carbocycles. The first-order valence-corrected chi connectivity index (χ1v) is 12.5. The van der Waals surface area contributed by atoms with Gasteiger partial charge in [-0.05, 0) is 32.1 Å². The summed E-state index contributed by atoms with van der Waals surface area (Å²) in [6, 6.07) is 0.901. The number of likely N-dealkylation sites (tertiary alicyclic amines) is 1. The van der Waals surface area contributed by atoms with Crippen molar-refractivity contribution in [3.8, 4) is 0 Å². The average molecular weight is 526 g/mol. The second-order valence-corrected chi connectivity index (χ2v) is 11.2. The van der Waals surface area contributed by atoms with Gasteiger partial charge in [-0.25, -0.2) is 8.42 Å². The third kappa shape index (κ3) is 4.46. The Balaban J connectivity index is 0.00000225. The van der Waals surface area contributed by atoms with E-state index in [1.54, 1.807) is 0 Å². The number of piperidine rings is 1. The zero-order valence-electron chi connectivity index (χ0n) is 17.0. The van der Waals surface area contributed by atoms with Gasteiger partial charge in [-0.15, -0.1) is 24.0 Å². The number of guanidine groups is 1. The van der Waals surface area contributed by atoms with Gasteiger partial charge in [0.05, 0.1) is 11.9 Å². The lowest BCUT2D eigenvalue weighted by molar-refractivity contribution is -0.171. The van der Waals surface area contributed by atoms with E-state index in [2.05, 4.69) is 20.5 Å². The molecular weight excluding hydrogens is 491 g/mol. The topological polar surface area (TPSA) is 83.0 Å². The Labute approximate surface area is 186 Å². The average Bonchev–Trinajstić information content (AvgIpc) is 3.01. The van der Waals surface area contributed by atoms with E-state index in [4.69, 9.17) is 4.74 Å². The van der Waals surface area contributed by atoms with Crippen LogP contribution in [-0.4, -0.2) is 82.8 Å². The highest BCUT2D eigenvalue weighted by Crippen LogP contribution is 2.62. The van der Waals surface area contributed by atoms with Crippen LogP contribution in [0.3, 0.4) is 0 Å². The maximum Gasteiger partial charge on any atom is 0.191 e. The molecule has 2 saturated heterocycles. The van der Waals surface area contributed by atoms with Gasteiger partial charge < -0.3 is 20.3 Å². The second-order valence-electron chi connectivity index (χ2n) is 8.91. The molecule has 0 aromatic heterocycles. The fourth-order valence-corrected chi connectivity index (χ4v) is 6.15. The van der Waals surface area contributed by atoms with Crippen LogP contribution in [0.2, 0.25) is 0 Å². The second kappa shape index (κ2) is 8.93. The lowest BCUT2D eigenvalue weighted by atomic mass is 9.46. The van der Waals surface area contributed by atoms with Crippen molar-refractivity contribution in [2.45, 2.75) is 56.7 Å². The van der Waals surface area contributed by atoms with Gasteiger partial charge in [-0.2, -0.15) is 0 Å². The van der Waals surface area contributed by atoms with E-state index in [0.717, 1.165) is 38.5 Å². The number of aliphatic imine (C=N–C) groups is 1. The molecule has 0 aromatic rings. The third-order valence-corrected chi connectivity index (χ3v) is 8.18. The number of halogens is 1. The number of nitrogens with one attached hydrogen (secondary N) is 2. The quantitative estimate of drug-likeness (QED) is 0.319. The van der Waals surface area contributed by atoms with E-state index in [0.29, 0.717) is 36.1 Å². The number of hydrogen-bond acceptors (Lipinski definition) is 5. The lowest BCUT2D eigenvalue weighted by Gasteiger charge is -2.63. The Morgan fingerprint density at radius 1 is 1.21 bits per heavy atom. The molecule has 0 aromatic carbocycles. The van der Waals surface area contributed by atoms with Gasteiger partial charge in [-0.1, -0.05) is 6.42 Å². The number of hydrogen-bond donors (Lipinski definition) is 2. The largest absolute Gasteiger partial charge is 0.377 e. The van der Waals surface area contributed by atoms with Gasteiger partial charge in [-0.3, -0.25) is 4.99 Å². The van der Waals surface area contributed by atoms with E-state index in [-0.39, 0.29) is 29.7 Å². The summed E-state index contributed by atoms with van der Waals surface area (Å²) < 4.78 is 28.7. The lowest BCUT2D eigenvalue weighted by Crippen LogP contribution is -2.72. The number of ether oxygens (including phenoxy) is 1. The molecule has 4 rings (SSSR count). The number of fused-ring (bicyclic) bond motifs is 2. The van der Waals surface area contributed by atoms with Gasteiger partial charge in [0.25, 0.3) is 0 Å². The highest BCUT2D eigenvalue weighted by molar-refractivity contribution is 14.0.